The molecule has 1 aliphatic rings. The second-order valence-corrected chi connectivity index (χ2v) is 6.04. The highest BCUT2D eigenvalue weighted by Crippen LogP contribution is 2.12. The van der Waals surface area contributed by atoms with Crippen LogP contribution in [0.2, 0.25) is 0 Å². The molecule has 1 saturated heterocycles. The molecule has 0 saturated carbocycles. The Kier molecular flexibility index (Phi) is 5.91. The van der Waals surface area contributed by atoms with Crippen LogP contribution in [0.5, 0.6) is 0 Å². The van der Waals surface area contributed by atoms with Crippen LogP contribution in [0.1, 0.15) is 19.3 Å². The Hall–Kier alpha value is -0.820. The second-order valence-electron chi connectivity index (χ2n) is 4.79. The SMILES string of the molecule is O=C(NCCN1CCCCC1)Nc1cccc(I)c1. The summed E-state index contributed by atoms with van der Waals surface area (Å²) in [7, 11) is 0. The Morgan fingerprint density at radius 3 is 2.79 bits per heavy atom. The molecule has 0 atom stereocenters. The first-order chi connectivity index (χ1) is 9.24. The number of carbonyl (C=O) groups is 1. The molecule has 0 aliphatic carbocycles. The van der Waals surface area contributed by atoms with Crippen molar-refractivity contribution in [1.82, 2.24) is 10.2 Å². The van der Waals surface area contributed by atoms with Gasteiger partial charge in [-0.3, -0.25) is 0 Å². The highest BCUT2D eigenvalue weighted by molar-refractivity contribution is 14.1. The maximum atomic E-state index is 11.7. The number of piperidine rings is 1. The number of carbonyl (C=O) groups excluding carboxylic acids is 1. The monoisotopic (exact) mass is 373 g/mol. The van der Waals surface area contributed by atoms with Gasteiger partial charge in [0.1, 0.15) is 0 Å². The van der Waals surface area contributed by atoms with Crippen LogP contribution in [0, 0.1) is 3.57 Å². The zero-order valence-corrected chi connectivity index (χ0v) is 13.2. The van der Waals surface area contributed by atoms with Gasteiger partial charge in [0.2, 0.25) is 0 Å². The van der Waals surface area contributed by atoms with Crippen LogP contribution < -0.4 is 10.6 Å². The van der Waals surface area contributed by atoms with E-state index >= 15 is 0 Å². The predicted octanol–water partition coefficient (Wildman–Crippen LogP) is 2.90. The number of halogens is 1. The summed E-state index contributed by atoms with van der Waals surface area (Å²) >= 11 is 2.23. The molecule has 1 heterocycles. The number of benzene rings is 1. The van der Waals surface area contributed by atoms with Crippen molar-refractivity contribution in [1.29, 1.82) is 0 Å². The molecule has 104 valence electrons. The molecular formula is C14H20IN3O. The third-order valence-corrected chi connectivity index (χ3v) is 3.92. The molecular weight excluding hydrogens is 353 g/mol. The molecule has 1 fully saturated rings. The van der Waals surface area contributed by atoms with Crippen molar-refractivity contribution in [2.45, 2.75) is 19.3 Å². The summed E-state index contributed by atoms with van der Waals surface area (Å²) in [4.78, 5) is 14.1. The molecule has 2 N–H and O–H groups in total. The standard InChI is InChI=1S/C14H20IN3O/c15-12-5-4-6-13(11-12)17-14(19)16-7-10-18-8-2-1-3-9-18/h4-6,11H,1-3,7-10H2,(H2,16,17,19). The van der Waals surface area contributed by atoms with Crippen LogP contribution >= 0.6 is 22.6 Å². The Labute approximate surface area is 128 Å². The molecule has 2 rings (SSSR count). The number of amides is 2. The van der Waals surface area contributed by atoms with E-state index in [9.17, 15) is 4.79 Å². The normalized spacial score (nSPS) is 16.1. The first-order valence-corrected chi connectivity index (χ1v) is 7.85. The Bertz CT molecular complexity index is 419. The van der Waals surface area contributed by atoms with Crippen LogP contribution in [-0.2, 0) is 0 Å². The van der Waals surface area contributed by atoms with Gasteiger partial charge in [0.25, 0.3) is 0 Å². The van der Waals surface area contributed by atoms with Gasteiger partial charge in [-0.15, -0.1) is 0 Å². The van der Waals surface area contributed by atoms with E-state index in [-0.39, 0.29) is 6.03 Å². The first-order valence-electron chi connectivity index (χ1n) is 6.77. The summed E-state index contributed by atoms with van der Waals surface area (Å²) in [6.45, 7) is 3.98. The van der Waals surface area contributed by atoms with Gasteiger partial charge in [0.05, 0.1) is 0 Å². The third-order valence-electron chi connectivity index (χ3n) is 3.24. The lowest BCUT2D eigenvalue weighted by atomic mass is 10.1. The van der Waals surface area contributed by atoms with E-state index in [1.807, 2.05) is 24.3 Å². The highest BCUT2D eigenvalue weighted by Gasteiger charge is 2.09. The summed E-state index contributed by atoms with van der Waals surface area (Å²) in [5.74, 6) is 0. The zero-order valence-electron chi connectivity index (χ0n) is 11.0. The molecule has 0 radical (unpaired) electrons. The van der Waals surface area contributed by atoms with Gasteiger partial charge in [-0.05, 0) is 66.7 Å². The minimum Gasteiger partial charge on any atom is -0.337 e. The van der Waals surface area contributed by atoms with Crippen molar-refractivity contribution in [3.8, 4) is 0 Å². The smallest absolute Gasteiger partial charge is 0.319 e. The predicted molar refractivity (Wildman–Crippen MR) is 86.5 cm³/mol. The van der Waals surface area contributed by atoms with E-state index in [2.05, 4.69) is 38.1 Å². The summed E-state index contributed by atoms with van der Waals surface area (Å²) in [6, 6.07) is 7.65. The van der Waals surface area contributed by atoms with Gasteiger partial charge in [0.15, 0.2) is 0 Å². The van der Waals surface area contributed by atoms with E-state index < -0.39 is 0 Å². The van der Waals surface area contributed by atoms with Gasteiger partial charge >= 0.3 is 6.03 Å². The van der Waals surface area contributed by atoms with Crippen LogP contribution in [0.25, 0.3) is 0 Å². The van der Waals surface area contributed by atoms with Crippen molar-refractivity contribution in [2.75, 3.05) is 31.5 Å². The number of urea groups is 1. The number of nitrogens with zero attached hydrogens (tertiary/aromatic N) is 1. The summed E-state index contributed by atoms with van der Waals surface area (Å²) < 4.78 is 1.11. The molecule has 1 aliphatic heterocycles. The molecule has 5 heteroatoms. The fraction of sp³-hybridized carbons (Fsp3) is 0.500. The van der Waals surface area contributed by atoms with Crippen molar-refractivity contribution in [3.63, 3.8) is 0 Å². The number of likely N-dealkylation sites (tertiary alicyclic amines) is 1. The zero-order chi connectivity index (χ0) is 13.5. The van der Waals surface area contributed by atoms with Gasteiger partial charge in [-0.1, -0.05) is 12.5 Å². The first kappa shape index (κ1) is 14.6. The van der Waals surface area contributed by atoms with E-state index in [0.29, 0.717) is 6.54 Å². The maximum absolute atomic E-state index is 11.7. The van der Waals surface area contributed by atoms with Gasteiger partial charge in [0, 0.05) is 22.3 Å². The number of anilines is 1. The molecule has 0 aromatic heterocycles. The molecule has 1 aromatic rings. The van der Waals surface area contributed by atoms with E-state index in [1.165, 1.54) is 32.4 Å². The van der Waals surface area contributed by atoms with Crippen molar-refractivity contribution in [3.05, 3.63) is 27.8 Å². The topological polar surface area (TPSA) is 44.4 Å². The fourth-order valence-electron chi connectivity index (χ4n) is 2.25. The minimum absolute atomic E-state index is 0.126. The number of rotatable bonds is 4. The minimum atomic E-state index is -0.126. The molecule has 1 aromatic carbocycles. The Balaban J connectivity index is 1.67. The van der Waals surface area contributed by atoms with Crippen molar-refractivity contribution < 1.29 is 4.79 Å². The lowest BCUT2D eigenvalue weighted by Crippen LogP contribution is -2.39. The molecule has 2 amide bonds. The highest BCUT2D eigenvalue weighted by atomic mass is 127. The van der Waals surface area contributed by atoms with E-state index in [4.69, 9.17) is 0 Å². The number of nitrogens with one attached hydrogen (secondary N) is 2. The Morgan fingerprint density at radius 2 is 2.05 bits per heavy atom. The Morgan fingerprint density at radius 1 is 1.26 bits per heavy atom. The molecule has 0 bridgehead atoms. The lowest BCUT2D eigenvalue weighted by Gasteiger charge is -2.26. The molecule has 19 heavy (non-hydrogen) atoms. The summed E-state index contributed by atoms with van der Waals surface area (Å²) in [5, 5.41) is 5.75. The van der Waals surface area contributed by atoms with Gasteiger partial charge in [-0.25, -0.2) is 4.79 Å². The number of hydrogen-bond acceptors (Lipinski definition) is 2. The molecule has 0 unspecified atom stereocenters. The molecule has 0 spiro atoms. The van der Waals surface area contributed by atoms with Crippen LogP contribution in [0.4, 0.5) is 10.5 Å². The quantitative estimate of drug-likeness (QED) is 0.798. The number of hydrogen-bond donors (Lipinski definition) is 2. The average molecular weight is 373 g/mol. The maximum Gasteiger partial charge on any atom is 0.319 e. The fourth-order valence-corrected chi connectivity index (χ4v) is 2.80. The third kappa shape index (κ3) is 5.36. The summed E-state index contributed by atoms with van der Waals surface area (Å²) in [6.07, 6.45) is 3.92. The van der Waals surface area contributed by atoms with E-state index in [1.54, 1.807) is 0 Å². The van der Waals surface area contributed by atoms with Crippen molar-refractivity contribution >= 4 is 34.3 Å². The van der Waals surface area contributed by atoms with Crippen LogP contribution in [0.3, 0.4) is 0 Å². The van der Waals surface area contributed by atoms with Crippen molar-refractivity contribution in [2.24, 2.45) is 0 Å². The molecule has 4 nitrogen and oxygen atoms in total. The van der Waals surface area contributed by atoms with Gasteiger partial charge < -0.3 is 15.5 Å². The van der Waals surface area contributed by atoms with Crippen LogP contribution in [0.15, 0.2) is 24.3 Å². The lowest BCUT2D eigenvalue weighted by molar-refractivity contribution is 0.224. The van der Waals surface area contributed by atoms with E-state index in [0.717, 1.165) is 15.8 Å². The largest absolute Gasteiger partial charge is 0.337 e. The van der Waals surface area contributed by atoms with Gasteiger partial charge in [-0.2, -0.15) is 0 Å². The van der Waals surface area contributed by atoms with Crippen LogP contribution in [-0.4, -0.2) is 37.1 Å². The second kappa shape index (κ2) is 7.69. The average Bonchev–Trinajstić information content (AvgIpc) is 2.40. The summed E-state index contributed by atoms with van der Waals surface area (Å²) in [5.41, 5.74) is 0.836.